The Balaban J connectivity index is 3.13. The third-order valence-corrected chi connectivity index (χ3v) is 5.12. The number of hydrogen-bond donors (Lipinski definition) is 6. The van der Waals surface area contributed by atoms with Crippen LogP contribution in [-0.4, -0.2) is 71.2 Å². The Morgan fingerprint density at radius 3 is 2.42 bits per heavy atom. The summed E-state index contributed by atoms with van der Waals surface area (Å²) in [7, 11) is 1.22. The summed E-state index contributed by atoms with van der Waals surface area (Å²) in [4.78, 5) is 35.8. The summed E-state index contributed by atoms with van der Waals surface area (Å²) in [6.45, 7) is 4.51. The number of nitrogens with two attached hydrogens (primary N) is 1. The fraction of sp³-hybridized carbons (Fsp3) is 0.714. The van der Waals surface area contributed by atoms with Crippen molar-refractivity contribution in [2.75, 3.05) is 7.11 Å². The number of nitrogens with one attached hydrogen (secondary N) is 3. The average molecular weight is 473 g/mol. The van der Waals surface area contributed by atoms with Gasteiger partial charge in [0.15, 0.2) is 18.2 Å². The molecule has 1 aliphatic rings. The van der Waals surface area contributed by atoms with E-state index in [0.717, 1.165) is 31.8 Å². The maximum atomic E-state index is 12.3. The molecule has 2 unspecified atom stereocenters. The van der Waals surface area contributed by atoms with Crippen molar-refractivity contribution in [3.8, 4) is 0 Å². The van der Waals surface area contributed by atoms with Gasteiger partial charge in [-0.2, -0.15) is 0 Å². The Bertz CT molecular complexity index is 740. The number of aliphatic carboxylic acids is 1. The van der Waals surface area contributed by atoms with Gasteiger partial charge < -0.3 is 40.8 Å². The molecule has 0 aromatic heterocycles. The number of carboxylic acid groups (broad SMARTS) is 1. The first-order valence-corrected chi connectivity index (χ1v) is 10.9. The summed E-state index contributed by atoms with van der Waals surface area (Å²) in [5.41, 5.74) is 5.41. The molecule has 0 aromatic carbocycles. The highest BCUT2D eigenvalue weighted by Gasteiger charge is 2.50. The van der Waals surface area contributed by atoms with E-state index in [0.29, 0.717) is 6.42 Å². The minimum absolute atomic E-state index is 0.0890. The molecular formula is C21H36N4O8. The van der Waals surface area contributed by atoms with Crippen molar-refractivity contribution in [3.63, 3.8) is 0 Å². The molecule has 5 atom stereocenters. The second kappa shape index (κ2) is 13.0. The molecule has 0 fully saturated rings. The Hall–Kier alpha value is -2.86. The van der Waals surface area contributed by atoms with Crippen LogP contribution >= 0.6 is 0 Å². The molecule has 7 N–H and O–H groups in total. The summed E-state index contributed by atoms with van der Waals surface area (Å²) in [5.74, 6) is -5.78. The molecule has 0 spiro atoms. The first kappa shape index (κ1) is 28.2. The average Bonchev–Trinajstić information content (AvgIpc) is 2.68. The number of hydrogen-bond acceptors (Lipinski definition) is 8. The van der Waals surface area contributed by atoms with E-state index < -0.39 is 59.6 Å². The lowest BCUT2D eigenvalue weighted by molar-refractivity contribution is -0.265. The largest absolute Gasteiger partial charge is 0.478 e. The summed E-state index contributed by atoms with van der Waals surface area (Å²) in [5, 5.41) is 33.1. The van der Waals surface area contributed by atoms with Crippen molar-refractivity contribution in [1.29, 1.82) is 5.41 Å². The van der Waals surface area contributed by atoms with Gasteiger partial charge in [-0.15, -0.1) is 0 Å². The van der Waals surface area contributed by atoms with E-state index in [1.165, 1.54) is 21.0 Å². The number of carbonyl (C=O) groups excluding carboxylic acids is 2. The maximum absolute atomic E-state index is 12.3. The third kappa shape index (κ3) is 8.89. The molecule has 0 radical (unpaired) electrons. The Kier molecular flexibility index (Phi) is 11.1. The smallest absolute Gasteiger partial charge is 0.370 e. The van der Waals surface area contributed by atoms with Gasteiger partial charge in [-0.25, -0.2) is 4.79 Å². The van der Waals surface area contributed by atoms with Gasteiger partial charge in [0, 0.05) is 27.4 Å². The van der Waals surface area contributed by atoms with E-state index in [2.05, 4.69) is 17.6 Å². The molecule has 1 aliphatic heterocycles. The van der Waals surface area contributed by atoms with Gasteiger partial charge in [0.25, 0.3) is 0 Å². The minimum Gasteiger partial charge on any atom is -0.478 e. The van der Waals surface area contributed by atoms with Crippen LogP contribution in [0.1, 0.15) is 59.3 Å². The monoisotopic (exact) mass is 472 g/mol. The van der Waals surface area contributed by atoms with Crippen LogP contribution in [0.4, 0.5) is 0 Å². The lowest BCUT2D eigenvalue weighted by Gasteiger charge is -2.43. The van der Waals surface area contributed by atoms with Crippen LogP contribution < -0.4 is 16.4 Å². The molecule has 0 bridgehead atoms. The maximum Gasteiger partial charge on any atom is 0.370 e. The highest BCUT2D eigenvalue weighted by molar-refractivity contribution is 5.85. The molecule has 12 nitrogen and oxygen atoms in total. The van der Waals surface area contributed by atoms with Crippen molar-refractivity contribution in [2.24, 2.45) is 5.73 Å². The Labute approximate surface area is 193 Å². The molecule has 1 rings (SSSR count). The van der Waals surface area contributed by atoms with Crippen molar-refractivity contribution < 1.29 is 38.8 Å². The van der Waals surface area contributed by atoms with Crippen molar-refractivity contribution in [3.05, 3.63) is 11.8 Å². The van der Waals surface area contributed by atoms with Crippen LogP contribution in [0, 0.1) is 5.41 Å². The summed E-state index contributed by atoms with van der Waals surface area (Å²) < 4.78 is 16.2. The number of guanidine groups is 1. The van der Waals surface area contributed by atoms with Gasteiger partial charge in [-0.3, -0.25) is 15.0 Å². The number of ether oxygens (including phenoxy) is 3. The van der Waals surface area contributed by atoms with E-state index in [1.54, 1.807) is 0 Å². The summed E-state index contributed by atoms with van der Waals surface area (Å²) in [6, 6.07) is -2.02. The molecule has 0 aliphatic carbocycles. The Morgan fingerprint density at radius 2 is 1.91 bits per heavy atom. The number of esters is 1. The molecule has 0 saturated carbocycles. The fourth-order valence-corrected chi connectivity index (χ4v) is 3.69. The molecule has 1 heterocycles. The zero-order chi connectivity index (χ0) is 25.2. The molecule has 12 heteroatoms. The van der Waals surface area contributed by atoms with Crippen LogP contribution in [-0.2, 0) is 28.6 Å². The molecule has 0 saturated heterocycles. The topological polar surface area (TPSA) is 193 Å². The normalized spacial score (nSPS) is 22.7. The first-order chi connectivity index (χ1) is 15.4. The van der Waals surface area contributed by atoms with Gasteiger partial charge in [0.2, 0.25) is 17.5 Å². The minimum atomic E-state index is -2.22. The van der Waals surface area contributed by atoms with Crippen molar-refractivity contribution in [2.45, 2.75) is 89.4 Å². The molecule has 0 aromatic rings. The van der Waals surface area contributed by atoms with E-state index in [1.807, 2.05) is 0 Å². The highest BCUT2D eigenvalue weighted by Crippen LogP contribution is 2.29. The van der Waals surface area contributed by atoms with Crippen LogP contribution in [0.5, 0.6) is 0 Å². The van der Waals surface area contributed by atoms with Crippen LogP contribution in [0.3, 0.4) is 0 Å². The zero-order valence-corrected chi connectivity index (χ0v) is 19.6. The fourth-order valence-electron chi connectivity index (χ4n) is 3.69. The van der Waals surface area contributed by atoms with Gasteiger partial charge in [0.05, 0.1) is 12.1 Å². The van der Waals surface area contributed by atoms with Gasteiger partial charge in [0.1, 0.15) is 0 Å². The zero-order valence-electron chi connectivity index (χ0n) is 19.6. The van der Waals surface area contributed by atoms with E-state index in [9.17, 15) is 24.6 Å². The number of carbonyl (C=O) groups is 3. The van der Waals surface area contributed by atoms with Crippen molar-refractivity contribution >= 4 is 23.8 Å². The number of unbranched alkanes of at least 4 members (excludes halogenated alkanes) is 4. The van der Waals surface area contributed by atoms with Gasteiger partial charge in [-0.1, -0.05) is 32.6 Å². The SMILES string of the molecule is CCCCCCCC(=O)OC(C)(O)C(OC)[C@@H]1OC(C(=O)O)=C[C@H](NC(=N)N)[C@H]1NC(C)=O. The van der Waals surface area contributed by atoms with Crippen LogP contribution in [0.15, 0.2) is 11.8 Å². The van der Waals surface area contributed by atoms with Crippen LogP contribution in [0.25, 0.3) is 0 Å². The van der Waals surface area contributed by atoms with E-state index in [4.69, 9.17) is 25.4 Å². The summed E-state index contributed by atoms with van der Waals surface area (Å²) in [6.07, 6.45) is 3.07. The van der Waals surface area contributed by atoms with E-state index in [-0.39, 0.29) is 6.42 Å². The lowest BCUT2D eigenvalue weighted by Crippen LogP contribution is -2.66. The number of aliphatic hydroxyl groups is 1. The Morgan fingerprint density at radius 1 is 1.27 bits per heavy atom. The van der Waals surface area contributed by atoms with Gasteiger partial charge in [-0.05, 0) is 12.5 Å². The molecule has 188 valence electrons. The molecule has 1 amide bonds. The summed E-state index contributed by atoms with van der Waals surface area (Å²) >= 11 is 0. The van der Waals surface area contributed by atoms with Gasteiger partial charge >= 0.3 is 11.9 Å². The first-order valence-electron chi connectivity index (χ1n) is 10.9. The van der Waals surface area contributed by atoms with Crippen molar-refractivity contribution in [1.82, 2.24) is 10.6 Å². The molecule has 33 heavy (non-hydrogen) atoms. The second-order valence-electron chi connectivity index (χ2n) is 8.08. The quantitative estimate of drug-likeness (QED) is 0.0715. The molecular weight excluding hydrogens is 436 g/mol. The number of rotatable bonds is 13. The van der Waals surface area contributed by atoms with E-state index >= 15 is 0 Å². The number of amides is 1. The second-order valence-corrected chi connectivity index (χ2v) is 8.08. The third-order valence-electron chi connectivity index (χ3n) is 5.12. The number of carboxylic acids is 1. The predicted molar refractivity (Wildman–Crippen MR) is 118 cm³/mol. The highest BCUT2D eigenvalue weighted by atomic mass is 16.7. The standard InChI is InChI=1S/C21H36N4O8/c1-5-6-7-8-9-10-15(27)33-21(3,30)18(31-4)17-16(24-12(2)26)13(25-20(22)23)11-14(32-17)19(28)29/h11,13,16-18,30H,5-10H2,1-4H3,(H,24,26)(H,28,29)(H4,22,23,25)/t13-,16+,17+,18?,21?/m0/s1. The predicted octanol–water partition coefficient (Wildman–Crippen LogP) is 0.337. The lowest BCUT2D eigenvalue weighted by atomic mass is 9.90. The van der Waals surface area contributed by atoms with Crippen LogP contribution in [0.2, 0.25) is 0 Å². The number of methoxy groups -OCH3 is 1.